The van der Waals surface area contributed by atoms with Crippen LogP contribution in [-0.2, 0) is 4.79 Å². The van der Waals surface area contributed by atoms with Crippen molar-refractivity contribution >= 4 is 17.7 Å². The molecule has 7 heteroatoms. The van der Waals surface area contributed by atoms with E-state index in [1.54, 1.807) is 0 Å². The summed E-state index contributed by atoms with van der Waals surface area (Å²) in [5.41, 5.74) is 4.51. The minimum absolute atomic E-state index is 0.114. The van der Waals surface area contributed by atoms with E-state index in [1.165, 1.54) is 11.8 Å². The summed E-state index contributed by atoms with van der Waals surface area (Å²) in [7, 11) is 0. The van der Waals surface area contributed by atoms with Crippen LogP contribution in [0.2, 0.25) is 0 Å². The molecule has 0 spiro atoms. The maximum atomic E-state index is 13.0. The lowest BCUT2D eigenvalue weighted by atomic mass is 10.0. The van der Waals surface area contributed by atoms with E-state index in [4.69, 9.17) is 0 Å². The van der Waals surface area contributed by atoms with Gasteiger partial charge in [-0.25, -0.2) is 4.68 Å². The van der Waals surface area contributed by atoms with Gasteiger partial charge in [-0.05, 0) is 26.3 Å². The molecule has 0 aliphatic carbocycles. The normalized spacial score (nSPS) is 19.8. The molecule has 1 N–H and O–H groups in total. The summed E-state index contributed by atoms with van der Waals surface area (Å²) in [6, 6.07) is 9.95. The minimum atomic E-state index is -0.256. The fraction of sp³-hybridized carbons (Fsp3) is 0.438. The summed E-state index contributed by atoms with van der Waals surface area (Å²) in [6.07, 6.45) is 0. The molecule has 1 amide bonds. The van der Waals surface area contributed by atoms with Gasteiger partial charge >= 0.3 is 0 Å². The Hall–Kier alpha value is -2.02. The van der Waals surface area contributed by atoms with Gasteiger partial charge in [-0.15, -0.1) is 10.2 Å². The molecule has 6 nitrogen and oxygen atoms in total. The standard InChI is InChI=1S/C16H21N5OS/c1-4-20(5-2)15(22)14-13(12-9-7-6-8-10-12)19-21-11(3)17-18-16(21)23-14/h6-10,13-14,19H,4-5H2,1-3H3/t13-,14+/m0/s1. The number of amides is 1. The van der Waals surface area contributed by atoms with Crippen LogP contribution in [0.3, 0.4) is 0 Å². The van der Waals surface area contributed by atoms with Gasteiger partial charge in [-0.2, -0.15) is 0 Å². The van der Waals surface area contributed by atoms with Gasteiger partial charge in [0.2, 0.25) is 11.1 Å². The Labute approximate surface area is 140 Å². The van der Waals surface area contributed by atoms with Crippen molar-refractivity contribution in [3.63, 3.8) is 0 Å². The van der Waals surface area contributed by atoms with Crippen LogP contribution in [0.5, 0.6) is 0 Å². The first-order chi connectivity index (χ1) is 11.2. The molecule has 122 valence electrons. The predicted octanol–water partition coefficient (Wildman–Crippen LogP) is 2.21. The highest BCUT2D eigenvalue weighted by Gasteiger charge is 2.38. The molecular formula is C16H21N5OS. The third-order valence-corrected chi connectivity index (χ3v) is 5.28. The number of carbonyl (C=O) groups is 1. The number of carbonyl (C=O) groups excluding carboxylic acids is 1. The van der Waals surface area contributed by atoms with E-state index in [1.807, 2.05) is 60.7 Å². The molecular weight excluding hydrogens is 310 g/mol. The second kappa shape index (κ2) is 6.62. The third-order valence-electron chi connectivity index (χ3n) is 4.08. The van der Waals surface area contributed by atoms with Gasteiger partial charge in [0, 0.05) is 13.1 Å². The summed E-state index contributed by atoms with van der Waals surface area (Å²) in [6.45, 7) is 7.33. The zero-order valence-electron chi connectivity index (χ0n) is 13.6. The number of rotatable bonds is 4. The van der Waals surface area contributed by atoms with Crippen LogP contribution < -0.4 is 5.43 Å². The maximum absolute atomic E-state index is 13.0. The first-order valence-corrected chi connectivity index (χ1v) is 8.72. The van der Waals surface area contributed by atoms with E-state index in [-0.39, 0.29) is 17.2 Å². The Kier molecular flexibility index (Phi) is 4.56. The van der Waals surface area contributed by atoms with Crippen molar-refractivity contribution in [1.29, 1.82) is 0 Å². The number of aryl methyl sites for hydroxylation is 1. The van der Waals surface area contributed by atoms with Crippen LogP contribution in [0, 0.1) is 6.92 Å². The largest absolute Gasteiger partial charge is 0.342 e. The van der Waals surface area contributed by atoms with Crippen molar-refractivity contribution in [1.82, 2.24) is 19.8 Å². The van der Waals surface area contributed by atoms with Crippen LogP contribution in [0.15, 0.2) is 35.5 Å². The number of hydrogen-bond acceptors (Lipinski definition) is 5. The fourth-order valence-electron chi connectivity index (χ4n) is 2.77. The Balaban J connectivity index is 1.99. The summed E-state index contributed by atoms with van der Waals surface area (Å²) < 4.78 is 1.87. The molecule has 0 saturated heterocycles. The molecule has 0 bridgehead atoms. The monoisotopic (exact) mass is 331 g/mol. The summed E-state index contributed by atoms with van der Waals surface area (Å²) in [5, 5.41) is 8.76. The SMILES string of the molecule is CCN(CC)C(=O)[C@@H]1Sc2nnc(C)n2N[C@H]1c1ccccc1. The first kappa shape index (κ1) is 15.9. The minimum Gasteiger partial charge on any atom is -0.342 e. The molecule has 1 aromatic carbocycles. The zero-order chi connectivity index (χ0) is 16.4. The Morgan fingerprint density at radius 1 is 1.26 bits per heavy atom. The smallest absolute Gasteiger partial charge is 0.238 e. The highest BCUT2D eigenvalue weighted by molar-refractivity contribution is 8.00. The number of aromatic nitrogens is 3. The zero-order valence-corrected chi connectivity index (χ0v) is 14.4. The fourth-order valence-corrected chi connectivity index (χ4v) is 3.98. The molecule has 1 aliphatic rings. The number of benzene rings is 1. The highest BCUT2D eigenvalue weighted by Crippen LogP contribution is 2.37. The Morgan fingerprint density at radius 3 is 2.61 bits per heavy atom. The van der Waals surface area contributed by atoms with Gasteiger partial charge in [0.15, 0.2) is 0 Å². The number of nitrogens with zero attached hydrogens (tertiary/aromatic N) is 4. The third kappa shape index (κ3) is 2.93. The second-order valence-corrected chi connectivity index (χ2v) is 6.54. The quantitative estimate of drug-likeness (QED) is 0.931. The predicted molar refractivity (Wildman–Crippen MR) is 90.9 cm³/mol. The van der Waals surface area contributed by atoms with Crippen LogP contribution >= 0.6 is 11.8 Å². The van der Waals surface area contributed by atoms with Crippen molar-refractivity contribution in [2.24, 2.45) is 0 Å². The molecule has 23 heavy (non-hydrogen) atoms. The summed E-state index contributed by atoms with van der Waals surface area (Å²) in [5.74, 6) is 0.926. The molecule has 3 rings (SSSR count). The molecule has 2 heterocycles. The average molecular weight is 331 g/mol. The molecule has 0 fully saturated rings. The lowest BCUT2D eigenvalue weighted by Gasteiger charge is -2.35. The van der Waals surface area contributed by atoms with Gasteiger partial charge < -0.3 is 10.3 Å². The van der Waals surface area contributed by atoms with E-state index >= 15 is 0 Å². The molecule has 1 aromatic heterocycles. The molecule has 1 aliphatic heterocycles. The van der Waals surface area contributed by atoms with Gasteiger partial charge in [0.05, 0.1) is 6.04 Å². The molecule has 2 atom stereocenters. The molecule has 0 saturated carbocycles. The Morgan fingerprint density at radius 2 is 1.96 bits per heavy atom. The van der Waals surface area contributed by atoms with Crippen molar-refractivity contribution in [2.45, 2.75) is 37.2 Å². The number of fused-ring (bicyclic) bond motifs is 1. The molecule has 0 radical (unpaired) electrons. The van der Waals surface area contributed by atoms with Crippen molar-refractivity contribution in [3.8, 4) is 0 Å². The van der Waals surface area contributed by atoms with Crippen LogP contribution in [0.25, 0.3) is 0 Å². The number of hydrogen-bond donors (Lipinski definition) is 1. The van der Waals surface area contributed by atoms with E-state index in [9.17, 15) is 4.79 Å². The van der Waals surface area contributed by atoms with E-state index in [0.717, 1.165) is 16.5 Å². The number of nitrogens with one attached hydrogen (secondary N) is 1. The topological polar surface area (TPSA) is 63.1 Å². The van der Waals surface area contributed by atoms with E-state index in [0.29, 0.717) is 13.1 Å². The van der Waals surface area contributed by atoms with Crippen LogP contribution in [0.1, 0.15) is 31.3 Å². The maximum Gasteiger partial charge on any atom is 0.238 e. The van der Waals surface area contributed by atoms with Crippen molar-refractivity contribution in [2.75, 3.05) is 18.5 Å². The average Bonchev–Trinajstić information content (AvgIpc) is 2.96. The van der Waals surface area contributed by atoms with E-state index < -0.39 is 0 Å². The first-order valence-electron chi connectivity index (χ1n) is 7.84. The van der Waals surface area contributed by atoms with Crippen LogP contribution in [-0.4, -0.2) is 44.0 Å². The van der Waals surface area contributed by atoms with Gasteiger partial charge in [-0.1, -0.05) is 42.1 Å². The highest BCUT2D eigenvalue weighted by atomic mass is 32.2. The lowest BCUT2D eigenvalue weighted by molar-refractivity contribution is -0.130. The van der Waals surface area contributed by atoms with Gasteiger partial charge in [0.25, 0.3) is 0 Å². The summed E-state index contributed by atoms with van der Waals surface area (Å²) >= 11 is 1.48. The number of thioether (sulfide) groups is 1. The molecule has 0 unspecified atom stereocenters. The lowest BCUT2D eigenvalue weighted by Crippen LogP contribution is -2.46. The van der Waals surface area contributed by atoms with Crippen molar-refractivity contribution in [3.05, 3.63) is 41.7 Å². The summed E-state index contributed by atoms with van der Waals surface area (Å²) in [4.78, 5) is 14.8. The Bertz CT molecular complexity index is 683. The van der Waals surface area contributed by atoms with Crippen molar-refractivity contribution < 1.29 is 4.79 Å². The van der Waals surface area contributed by atoms with Gasteiger partial charge in [0.1, 0.15) is 11.1 Å². The van der Waals surface area contributed by atoms with Gasteiger partial charge in [-0.3, -0.25) is 4.79 Å². The van der Waals surface area contributed by atoms with Crippen LogP contribution in [0.4, 0.5) is 0 Å². The second-order valence-electron chi connectivity index (χ2n) is 5.43. The molecule has 2 aromatic rings. The van der Waals surface area contributed by atoms with E-state index in [2.05, 4.69) is 15.6 Å².